The van der Waals surface area contributed by atoms with E-state index >= 15 is 0 Å². The maximum Gasteiger partial charge on any atom is 0.284 e. The Bertz CT molecular complexity index is 734. The molecule has 0 saturated carbocycles. The van der Waals surface area contributed by atoms with Crippen LogP contribution in [-0.4, -0.2) is 10.8 Å². The number of carbonyl (C=O) groups is 1. The molecule has 0 spiro atoms. The molecule has 7 heteroatoms. The molecule has 1 N–H and O–H groups in total. The fraction of sp³-hybridized carbons (Fsp3) is 0.0714. The van der Waals surface area contributed by atoms with Gasteiger partial charge in [0, 0.05) is 17.3 Å². The van der Waals surface area contributed by atoms with E-state index in [1.165, 1.54) is 36.4 Å². The van der Waals surface area contributed by atoms with E-state index in [4.69, 9.17) is 0 Å². The molecule has 0 aliphatic heterocycles. The molecule has 2 aromatic carbocycles. The number of amides is 1. The summed E-state index contributed by atoms with van der Waals surface area (Å²) in [6.45, 7) is 1.66. The smallest absolute Gasteiger partial charge is 0.284 e. The Morgan fingerprint density at radius 1 is 1.29 bits per heavy atom. The van der Waals surface area contributed by atoms with Crippen LogP contribution in [0.3, 0.4) is 0 Å². The normalized spacial score (nSPS) is 10.2. The summed E-state index contributed by atoms with van der Waals surface area (Å²) in [6, 6.07) is 8.04. The number of hydrogen-bond donors (Lipinski definition) is 1. The van der Waals surface area contributed by atoms with E-state index in [9.17, 15) is 19.3 Å². The van der Waals surface area contributed by atoms with Gasteiger partial charge < -0.3 is 5.32 Å². The second-order valence-corrected chi connectivity index (χ2v) is 5.19. The second-order valence-electron chi connectivity index (χ2n) is 4.34. The summed E-state index contributed by atoms with van der Waals surface area (Å²) in [6.07, 6.45) is 0. The van der Waals surface area contributed by atoms with Crippen molar-refractivity contribution in [3.05, 3.63) is 67.9 Å². The molecule has 2 rings (SSSR count). The molecule has 5 nitrogen and oxygen atoms in total. The highest BCUT2D eigenvalue weighted by Gasteiger charge is 2.16. The van der Waals surface area contributed by atoms with Crippen LogP contribution in [0, 0.1) is 22.9 Å². The van der Waals surface area contributed by atoms with Crippen molar-refractivity contribution in [2.75, 3.05) is 5.32 Å². The molecule has 2 aromatic rings. The molecule has 0 aromatic heterocycles. The van der Waals surface area contributed by atoms with Gasteiger partial charge in [0.25, 0.3) is 11.6 Å². The molecule has 1 amide bonds. The molecule has 0 unspecified atom stereocenters. The minimum Gasteiger partial charge on any atom is -0.322 e. The number of carbonyl (C=O) groups excluding carboxylic acids is 1. The van der Waals surface area contributed by atoms with E-state index in [1.54, 1.807) is 6.92 Å². The van der Waals surface area contributed by atoms with E-state index in [-0.39, 0.29) is 11.3 Å². The van der Waals surface area contributed by atoms with Crippen molar-refractivity contribution in [2.24, 2.45) is 0 Å². The van der Waals surface area contributed by atoms with Gasteiger partial charge in [-0.3, -0.25) is 14.9 Å². The lowest BCUT2D eigenvalue weighted by atomic mass is 10.1. The highest BCUT2D eigenvalue weighted by Crippen LogP contribution is 2.26. The number of aryl methyl sites for hydroxylation is 1. The summed E-state index contributed by atoms with van der Waals surface area (Å²) in [4.78, 5) is 22.4. The summed E-state index contributed by atoms with van der Waals surface area (Å²) in [5.74, 6) is -0.898. The summed E-state index contributed by atoms with van der Waals surface area (Å²) in [5, 5.41) is 13.4. The topological polar surface area (TPSA) is 72.2 Å². The second kappa shape index (κ2) is 6.01. The Labute approximate surface area is 128 Å². The molecule has 0 aliphatic rings. The average molecular weight is 353 g/mol. The molecule has 0 heterocycles. The zero-order chi connectivity index (χ0) is 15.6. The van der Waals surface area contributed by atoms with Crippen LogP contribution in [0.2, 0.25) is 0 Å². The number of halogens is 2. The number of rotatable bonds is 3. The minimum absolute atomic E-state index is 0.147. The molecular weight excluding hydrogens is 343 g/mol. The number of nitrogens with zero attached hydrogens (tertiary/aromatic N) is 1. The zero-order valence-corrected chi connectivity index (χ0v) is 12.5. The number of nitro benzene ring substituents is 1. The first kappa shape index (κ1) is 15.1. The van der Waals surface area contributed by atoms with Gasteiger partial charge in [0.15, 0.2) is 0 Å². The molecule has 0 radical (unpaired) electrons. The third kappa shape index (κ3) is 3.43. The van der Waals surface area contributed by atoms with E-state index in [0.29, 0.717) is 15.7 Å². The van der Waals surface area contributed by atoms with Crippen LogP contribution in [0.4, 0.5) is 15.8 Å². The fourth-order valence-corrected chi connectivity index (χ4v) is 2.15. The van der Waals surface area contributed by atoms with Gasteiger partial charge in [-0.2, -0.15) is 0 Å². The molecule has 0 saturated heterocycles. The van der Waals surface area contributed by atoms with Crippen molar-refractivity contribution in [2.45, 2.75) is 6.92 Å². The third-order valence-corrected chi connectivity index (χ3v) is 3.51. The van der Waals surface area contributed by atoms with Crippen LogP contribution in [0.25, 0.3) is 0 Å². The van der Waals surface area contributed by atoms with Crippen molar-refractivity contribution >= 4 is 33.2 Å². The van der Waals surface area contributed by atoms with Gasteiger partial charge in [0.1, 0.15) is 5.82 Å². The summed E-state index contributed by atoms with van der Waals surface area (Å²) in [5.41, 5.74) is 0.967. The lowest BCUT2D eigenvalue weighted by molar-refractivity contribution is -0.385. The maximum atomic E-state index is 13.0. The lowest BCUT2D eigenvalue weighted by Gasteiger charge is -2.08. The summed E-state index contributed by atoms with van der Waals surface area (Å²) in [7, 11) is 0. The first-order valence-electron chi connectivity index (χ1n) is 5.90. The highest BCUT2D eigenvalue weighted by molar-refractivity contribution is 9.10. The van der Waals surface area contributed by atoms with Gasteiger partial charge in [-0.25, -0.2) is 4.39 Å². The molecule has 21 heavy (non-hydrogen) atoms. The van der Waals surface area contributed by atoms with Crippen molar-refractivity contribution in [1.29, 1.82) is 0 Å². The highest BCUT2D eigenvalue weighted by atomic mass is 79.9. The third-order valence-electron chi connectivity index (χ3n) is 2.84. The van der Waals surface area contributed by atoms with Gasteiger partial charge in [0.2, 0.25) is 0 Å². The van der Waals surface area contributed by atoms with Crippen LogP contribution < -0.4 is 5.32 Å². The molecule has 0 aliphatic carbocycles. The Morgan fingerprint density at radius 2 is 2.00 bits per heavy atom. The van der Waals surface area contributed by atoms with Crippen molar-refractivity contribution in [1.82, 2.24) is 0 Å². The van der Waals surface area contributed by atoms with E-state index in [2.05, 4.69) is 21.2 Å². The van der Waals surface area contributed by atoms with Gasteiger partial charge in [-0.05, 0) is 58.7 Å². The first-order chi connectivity index (χ1) is 9.88. The Hall–Kier alpha value is -2.28. The SMILES string of the molecule is Cc1cc(F)ccc1NC(=O)c1ccc(Br)c([N+](=O)[O-])c1. The van der Waals surface area contributed by atoms with Crippen LogP contribution in [0.1, 0.15) is 15.9 Å². The van der Waals surface area contributed by atoms with E-state index < -0.39 is 16.6 Å². The van der Waals surface area contributed by atoms with Crippen LogP contribution in [0.15, 0.2) is 40.9 Å². The number of benzene rings is 2. The largest absolute Gasteiger partial charge is 0.322 e. The number of anilines is 1. The molecule has 0 bridgehead atoms. The Balaban J connectivity index is 2.28. The predicted molar refractivity (Wildman–Crippen MR) is 79.9 cm³/mol. The minimum atomic E-state index is -0.579. The quantitative estimate of drug-likeness (QED) is 0.668. The Kier molecular flexibility index (Phi) is 4.32. The molecule has 108 valence electrons. The van der Waals surface area contributed by atoms with Gasteiger partial charge >= 0.3 is 0 Å². The van der Waals surface area contributed by atoms with Crippen molar-refractivity contribution in [3.63, 3.8) is 0 Å². The number of nitrogens with one attached hydrogen (secondary N) is 1. The molecule has 0 atom stereocenters. The standard InChI is InChI=1S/C14H10BrFN2O3/c1-8-6-10(16)3-5-12(8)17-14(19)9-2-4-11(15)13(7-9)18(20)21/h2-7H,1H3,(H,17,19). The van der Waals surface area contributed by atoms with Gasteiger partial charge in [0.05, 0.1) is 9.40 Å². The lowest BCUT2D eigenvalue weighted by Crippen LogP contribution is -2.13. The van der Waals surface area contributed by atoms with Crippen molar-refractivity contribution < 1.29 is 14.1 Å². The molecule has 0 fully saturated rings. The molecular formula is C14H10BrFN2O3. The summed E-state index contributed by atoms with van der Waals surface area (Å²) < 4.78 is 13.3. The zero-order valence-electron chi connectivity index (χ0n) is 10.9. The Morgan fingerprint density at radius 3 is 2.62 bits per heavy atom. The van der Waals surface area contributed by atoms with E-state index in [1.807, 2.05) is 0 Å². The predicted octanol–water partition coefficient (Wildman–Crippen LogP) is 4.06. The van der Waals surface area contributed by atoms with E-state index in [0.717, 1.165) is 0 Å². The maximum absolute atomic E-state index is 13.0. The van der Waals surface area contributed by atoms with Crippen LogP contribution in [0.5, 0.6) is 0 Å². The monoisotopic (exact) mass is 352 g/mol. The average Bonchev–Trinajstić information content (AvgIpc) is 2.42. The van der Waals surface area contributed by atoms with Gasteiger partial charge in [-0.15, -0.1) is 0 Å². The number of nitro groups is 1. The first-order valence-corrected chi connectivity index (χ1v) is 6.69. The van der Waals surface area contributed by atoms with Gasteiger partial charge in [-0.1, -0.05) is 0 Å². The van der Waals surface area contributed by atoms with Crippen molar-refractivity contribution in [3.8, 4) is 0 Å². The van der Waals surface area contributed by atoms with Crippen LogP contribution in [-0.2, 0) is 0 Å². The summed E-state index contributed by atoms with van der Waals surface area (Å²) >= 11 is 3.05. The fourth-order valence-electron chi connectivity index (χ4n) is 1.76. The number of hydrogen-bond acceptors (Lipinski definition) is 3. The van der Waals surface area contributed by atoms with Crippen LogP contribution >= 0.6 is 15.9 Å².